The van der Waals surface area contributed by atoms with Gasteiger partial charge in [0.1, 0.15) is 5.82 Å². The molecule has 2 N–H and O–H groups in total. The lowest BCUT2D eigenvalue weighted by Crippen LogP contribution is -2.34. The van der Waals surface area contributed by atoms with Crippen LogP contribution in [0.2, 0.25) is 0 Å². The molecule has 2 aromatic rings. The van der Waals surface area contributed by atoms with Crippen LogP contribution in [0.5, 0.6) is 0 Å². The summed E-state index contributed by atoms with van der Waals surface area (Å²) in [6.45, 7) is 2.93. The maximum absolute atomic E-state index is 12.4. The summed E-state index contributed by atoms with van der Waals surface area (Å²) in [6, 6.07) is 0. The van der Waals surface area contributed by atoms with Crippen molar-refractivity contribution in [2.75, 3.05) is 24.6 Å². The van der Waals surface area contributed by atoms with Crippen molar-refractivity contribution in [3.8, 4) is 0 Å². The van der Waals surface area contributed by atoms with Crippen molar-refractivity contribution in [2.45, 2.75) is 24.1 Å². The molecular formula is C14H18N6O2S2. The SMILES string of the molecule is Cc1nc2c(c(=O)n1C)CCN(C(=O)CSc1nnc(N)s1)CC2. The average molecular weight is 366 g/mol. The predicted octanol–water partition coefficient (Wildman–Crippen LogP) is 0.242. The zero-order valence-corrected chi connectivity index (χ0v) is 15.1. The van der Waals surface area contributed by atoms with Gasteiger partial charge < -0.3 is 10.6 Å². The minimum absolute atomic E-state index is 0.00879. The Balaban J connectivity index is 1.66. The zero-order valence-electron chi connectivity index (χ0n) is 13.5. The van der Waals surface area contributed by atoms with Crippen LogP contribution >= 0.6 is 23.1 Å². The van der Waals surface area contributed by atoms with Crippen LogP contribution in [-0.4, -0.2) is 49.4 Å². The van der Waals surface area contributed by atoms with Crippen molar-refractivity contribution in [1.82, 2.24) is 24.6 Å². The van der Waals surface area contributed by atoms with Crippen molar-refractivity contribution >= 4 is 34.1 Å². The molecule has 0 saturated heterocycles. The first-order valence-corrected chi connectivity index (χ1v) is 9.31. The van der Waals surface area contributed by atoms with Crippen LogP contribution < -0.4 is 11.3 Å². The number of thioether (sulfide) groups is 1. The second-order valence-electron chi connectivity index (χ2n) is 5.52. The van der Waals surface area contributed by atoms with E-state index in [4.69, 9.17) is 5.73 Å². The Bertz CT molecular complexity index is 831. The van der Waals surface area contributed by atoms with Gasteiger partial charge in [0.05, 0.1) is 11.4 Å². The molecule has 2 aromatic heterocycles. The Kier molecular flexibility index (Phi) is 4.86. The number of aromatic nitrogens is 4. The topological polar surface area (TPSA) is 107 Å². The number of anilines is 1. The molecule has 0 aromatic carbocycles. The molecule has 0 bridgehead atoms. The third-order valence-electron chi connectivity index (χ3n) is 4.04. The number of nitrogen functional groups attached to an aromatic ring is 1. The summed E-state index contributed by atoms with van der Waals surface area (Å²) in [5.74, 6) is 1.01. The fourth-order valence-electron chi connectivity index (χ4n) is 2.61. The minimum Gasteiger partial charge on any atom is -0.374 e. The molecule has 10 heteroatoms. The number of amides is 1. The maximum Gasteiger partial charge on any atom is 0.256 e. The van der Waals surface area contributed by atoms with Crippen LogP contribution in [0.1, 0.15) is 17.1 Å². The van der Waals surface area contributed by atoms with Gasteiger partial charge in [-0.3, -0.25) is 14.2 Å². The normalized spacial score (nSPS) is 14.3. The Morgan fingerprint density at radius 2 is 2.08 bits per heavy atom. The number of nitrogens with two attached hydrogens (primary N) is 1. The molecular weight excluding hydrogens is 348 g/mol. The molecule has 128 valence electrons. The smallest absolute Gasteiger partial charge is 0.256 e. The third kappa shape index (κ3) is 3.44. The molecule has 0 spiro atoms. The van der Waals surface area contributed by atoms with E-state index < -0.39 is 0 Å². The minimum atomic E-state index is -0.00879. The van der Waals surface area contributed by atoms with Crippen LogP contribution in [0.15, 0.2) is 9.13 Å². The Morgan fingerprint density at radius 1 is 1.33 bits per heavy atom. The first-order valence-electron chi connectivity index (χ1n) is 7.50. The first kappa shape index (κ1) is 16.9. The highest BCUT2D eigenvalue weighted by Crippen LogP contribution is 2.24. The number of hydrogen-bond acceptors (Lipinski definition) is 8. The van der Waals surface area contributed by atoms with Crippen molar-refractivity contribution in [3.05, 3.63) is 27.4 Å². The fourth-order valence-corrected chi connectivity index (χ4v) is 4.15. The molecule has 3 rings (SSSR count). The Hall–Kier alpha value is -1.94. The summed E-state index contributed by atoms with van der Waals surface area (Å²) in [6.07, 6.45) is 1.14. The van der Waals surface area contributed by atoms with Crippen molar-refractivity contribution in [3.63, 3.8) is 0 Å². The van der Waals surface area contributed by atoms with Gasteiger partial charge in [-0.2, -0.15) is 0 Å². The maximum atomic E-state index is 12.4. The van der Waals surface area contributed by atoms with Crippen molar-refractivity contribution in [2.24, 2.45) is 7.05 Å². The molecule has 1 aliphatic heterocycles. The summed E-state index contributed by atoms with van der Waals surface area (Å²) in [5, 5.41) is 8.02. The van der Waals surface area contributed by atoms with Crippen molar-refractivity contribution < 1.29 is 4.79 Å². The number of rotatable bonds is 3. The van der Waals surface area contributed by atoms with Crippen LogP contribution in [0.4, 0.5) is 5.13 Å². The predicted molar refractivity (Wildman–Crippen MR) is 93.2 cm³/mol. The summed E-state index contributed by atoms with van der Waals surface area (Å²) in [4.78, 5) is 31.1. The average Bonchev–Trinajstić information content (AvgIpc) is 2.85. The van der Waals surface area contributed by atoms with Gasteiger partial charge in [0.15, 0.2) is 4.34 Å². The van der Waals surface area contributed by atoms with Gasteiger partial charge in [0, 0.05) is 32.1 Å². The number of aryl methyl sites for hydroxylation is 1. The molecule has 0 saturated carbocycles. The van der Waals surface area contributed by atoms with E-state index in [2.05, 4.69) is 15.2 Å². The van der Waals surface area contributed by atoms with Gasteiger partial charge in [-0.1, -0.05) is 23.1 Å². The highest BCUT2D eigenvalue weighted by molar-refractivity contribution is 8.01. The van der Waals surface area contributed by atoms with Gasteiger partial charge in [-0.15, -0.1) is 10.2 Å². The largest absolute Gasteiger partial charge is 0.374 e. The summed E-state index contributed by atoms with van der Waals surface area (Å²) in [7, 11) is 1.73. The van der Waals surface area contributed by atoms with Crippen LogP contribution in [0.3, 0.4) is 0 Å². The van der Waals surface area contributed by atoms with E-state index in [1.165, 1.54) is 23.1 Å². The van der Waals surface area contributed by atoms with E-state index in [0.717, 1.165) is 11.3 Å². The van der Waals surface area contributed by atoms with Crippen LogP contribution in [-0.2, 0) is 24.7 Å². The molecule has 0 unspecified atom stereocenters. The fraction of sp³-hybridized carbons (Fsp3) is 0.500. The van der Waals surface area contributed by atoms with E-state index in [9.17, 15) is 9.59 Å². The summed E-state index contributed by atoms with van der Waals surface area (Å²) >= 11 is 2.60. The number of carbonyl (C=O) groups excluding carboxylic acids is 1. The van der Waals surface area contributed by atoms with Gasteiger partial charge in [0.2, 0.25) is 11.0 Å². The van der Waals surface area contributed by atoms with E-state index in [0.29, 0.717) is 41.2 Å². The quantitative estimate of drug-likeness (QED) is 0.776. The Labute approximate surface area is 147 Å². The number of nitrogens with zero attached hydrogens (tertiary/aromatic N) is 5. The molecule has 0 aliphatic carbocycles. The molecule has 8 nitrogen and oxygen atoms in total. The Morgan fingerprint density at radius 3 is 2.79 bits per heavy atom. The number of carbonyl (C=O) groups is 1. The monoisotopic (exact) mass is 366 g/mol. The van der Waals surface area contributed by atoms with E-state index >= 15 is 0 Å². The molecule has 0 atom stereocenters. The lowest BCUT2D eigenvalue weighted by atomic mass is 10.1. The molecule has 1 amide bonds. The molecule has 0 fully saturated rings. The highest BCUT2D eigenvalue weighted by Gasteiger charge is 2.22. The van der Waals surface area contributed by atoms with Crippen LogP contribution in [0, 0.1) is 6.92 Å². The molecule has 3 heterocycles. The lowest BCUT2D eigenvalue weighted by molar-refractivity contribution is -0.128. The van der Waals surface area contributed by atoms with Crippen LogP contribution in [0.25, 0.3) is 0 Å². The first-order chi connectivity index (χ1) is 11.5. The lowest BCUT2D eigenvalue weighted by Gasteiger charge is -2.19. The summed E-state index contributed by atoms with van der Waals surface area (Å²) < 4.78 is 2.25. The van der Waals surface area contributed by atoms with E-state index in [1.807, 2.05) is 6.92 Å². The van der Waals surface area contributed by atoms with E-state index in [-0.39, 0.29) is 17.2 Å². The number of hydrogen-bond donors (Lipinski definition) is 1. The molecule has 1 aliphatic rings. The molecule has 0 radical (unpaired) electrons. The zero-order chi connectivity index (χ0) is 17.3. The summed E-state index contributed by atoms with van der Waals surface area (Å²) in [5.41, 5.74) is 7.06. The third-order valence-corrected chi connectivity index (χ3v) is 5.91. The number of fused-ring (bicyclic) bond motifs is 1. The van der Waals surface area contributed by atoms with Crippen molar-refractivity contribution in [1.29, 1.82) is 0 Å². The second kappa shape index (κ2) is 6.89. The van der Waals surface area contributed by atoms with E-state index in [1.54, 1.807) is 16.5 Å². The van der Waals surface area contributed by atoms with Gasteiger partial charge in [0.25, 0.3) is 5.56 Å². The highest BCUT2D eigenvalue weighted by atomic mass is 32.2. The van der Waals surface area contributed by atoms with Gasteiger partial charge >= 0.3 is 0 Å². The van der Waals surface area contributed by atoms with Gasteiger partial charge in [-0.25, -0.2) is 4.98 Å². The second-order valence-corrected chi connectivity index (χ2v) is 7.76. The van der Waals surface area contributed by atoms with Gasteiger partial charge in [-0.05, 0) is 13.3 Å². The standard InChI is InChI=1S/C14H18N6O2S2/c1-8-16-10-4-6-20(5-3-9(10)12(22)19(8)2)11(21)7-23-14-18-17-13(15)24-14/h3-7H2,1-2H3,(H2,15,17). The molecule has 24 heavy (non-hydrogen) atoms.